The minimum atomic E-state index is -3.12. The number of alkyl halides is 2. The number of carbonyl (C=O) groups is 1. The minimum Gasteiger partial charge on any atom is -0.489 e. The molecule has 0 spiro atoms. The van der Waals surface area contributed by atoms with Gasteiger partial charge in [0.1, 0.15) is 6.61 Å². The average Bonchev–Trinajstić information content (AvgIpc) is 3.65. The molecule has 1 amide bonds. The van der Waals surface area contributed by atoms with Gasteiger partial charge in [-0.2, -0.15) is 15.0 Å². The Hall–Kier alpha value is -4.54. The Kier molecular flexibility index (Phi) is 8.34. The number of halogens is 2. The van der Waals surface area contributed by atoms with Gasteiger partial charge >= 0.3 is 6.01 Å². The number of nitrogens with zero attached hydrogens (tertiary/aromatic N) is 7. The van der Waals surface area contributed by atoms with Crippen LogP contribution in [-0.4, -0.2) is 73.7 Å². The van der Waals surface area contributed by atoms with Crippen molar-refractivity contribution in [2.24, 2.45) is 18.4 Å². The second kappa shape index (κ2) is 12.0. The number of amides is 1. The quantitative estimate of drug-likeness (QED) is 0.317. The normalized spacial score (nSPS) is 17.2. The molecule has 43 heavy (non-hydrogen) atoms. The lowest BCUT2D eigenvalue weighted by molar-refractivity contribution is -0.0109. The number of imidazole rings is 1. The van der Waals surface area contributed by atoms with E-state index < -0.39 is 17.9 Å². The highest BCUT2D eigenvalue weighted by atomic mass is 19.3. The van der Waals surface area contributed by atoms with Gasteiger partial charge in [-0.1, -0.05) is 5.92 Å². The van der Waals surface area contributed by atoms with Gasteiger partial charge in [-0.15, -0.1) is 6.42 Å². The van der Waals surface area contributed by atoms with Gasteiger partial charge in [0.15, 0.2) is 11.6 Å². The smallest absolute Gasteiger partial charge is 0.322 e. The number of hydrogen-bond donors (Lipinski definition) is 2. The Morgan fingerprint density at radius 2 is 2.00 bits per heavy atom. The van der Waals surface area contributed by atoms with Crippen molar-refractivity contribution in [1.29, 1.82) is 0 Å². The number of anilines is 2. The van der Waals surface area contributed by atoms with Gasteiger partial charge in [0, 0.05) is 45.0 Å². The predicted molar refractivity (Wildman–Crippen MR) is 155 cm³/mol. The maximum absolute atomic E-state index is 13.7. The van der Waals surface area contributed by atoms with Crippen LogP contribution in [0.15, 0.2) is 24.8 Å². The number of carbonyl (C=O) groups excluding carboxylic acids is 1. The number of nitrogens with two attached hydrogens (primary N) is 1. The third kappa shape index (κ3) is 7.28. The molecule has 12 nitrogen and oxygen atoms in total. The molecule has 1 saturated heterocycles. The summed E-state index contributed by atoms with van der Waals surface area (Å²) in [5, 5.41) is 2.26. The summed E-state index contributed by atoms with van der Waals surface area (Å²) in [5.74, 6) is -0.306. The van der Waals surface area contributed by atoms with Crippen LogP contribution in [0.5, 0.6) is 11.8 Å². The molecular weight excluding hydrogens is 560 g/mol. The monoisotopic (exact) mass is 595 g/mol. The van der Waals surface area contributed by atoms with Crippen LogP contribution in [0.3, 0.4) is 0 Å². The van der Waals surface area contributed by atoms with E-state index in [0.29, 0.717) is 31.3 Å². The molecule has 1 aliphatic heterocycles. The van der Waals surface area contributed by atoms with Crippen LogP contribution in [0.25, 0.3) is 11.3 Å². The lowest BCUT2D eigenvalue weighted by Gasteiger charge is -2.32. The molecule has 1 saturated carbocycles. The van der Waals surface area contributed by atoms with E-state index in [1.165, 1.54) is 6.92 Å². The maximum Gasteiger partial charge on any atom is 0.322 e. The van der Waals surface area contributed by atoms with Crippen molar-refractivity contribution in [3.63, 3.8) is 0 Å². The number of pyridine rings is 1. The fourth-order valence-corrected chi connectivity index (χ4v) is 4.51. The number of aromatic nitrogens is 6. The molecule has 3 N–H and O–H groups in total. The number of nitrogens with one attached hydrogen (secondary N) is 1. The standard InChI is InChI=1S/C29H35F2N9O3/c1-5-29(8-9-29)16-43-27-37-24(25(41)35-18(2)28(3,30)31)36-26(38-27)40-10-6-19(7-11-40)15-42-22-12-20(13-33-23(22)32)21-14-39(4)17-34-21/h1,12-14,17-19H,6-11,15-16H2,2-4H3,(H2,32,33)(H,35,41). The summed E-state index contributed by atoms with van der Waals surface area (Å²) in [6, 6.07) is 0.333. The first kappa shape index (κ1) is 29.9. The number of nitrogen functional groups attached to an aromatic ring is 1. The van der Waals surface area contributed by atoms with E-state index in [9.17, 15) is 13.6 Å². The second-order valence-corrected chi connectivity index (χ2v) is 11.4. The molecule has 5 rings (SSSR count). The molecule has 2 aliphatic rings. The van der Waals surface area contributed by atoms with Gasteiger partial charge < -0.3 is 30.0 Å². The van der Waals surface area contributed by atoms with Crippen LogP contribution in [0.4, 0.5) is 20.5 Å². The van der Waals surface area contributed by atoms with Crippen molar-refractivity contribution in [2.75, 3.05) is 36.9 Å². The van der Waals surface area contributed by atoms with Crippen molar-refractivity contribution in [3.8, 4) is 35.4 Å². The molecule has 3 aromatic heterocycles. The molecule has 1 atom stereocenters. The van der Waals surface area contributed by atoms with Crippen molar-refractivity contribution in [3.05, 3.63) is 30.6 Å². The van der Waals surface area contributed by atoms with E-state index in [4.69, 9.17) is 21.6 Å². The molecule has 14 heteroatoms. The summed E-state index contributed by atoms with van der Waals surface area (Å²) in [5.41, 5.74) is 7.27. The Balaban J connectivity index is 1.24. The summed E-state index contributed by atoms with van der Waals surface area (Å²) in [4.78, 5) is 36.2. The van der Waals surface area contributed by atoms with Gasteiger partial charge in [0.05, 0.1) is 30.1 Å². The highest BCUT2D eigenvalue weighted by Gasteiger charge is 2.42. The van der Waals surface area contributed by atoms with Gasteiger partial charge in [0.2, 0.25) is 11.8 Å². The predicted octanol–water partition coefficient (Wildman–Crippen LogP) is 3.11. The molecule has 1 unspecified atom stereocenters. The molecule has 0 aromatic carbocycles. The Morgan fingerprint density at radius 3 is 2.63 bits per heavy atom. The highest BCUT2D eigenvalue weighted by molar-refractivity contribution is 5.91. The van der Waals surface area contributed by atoms with Crippen LogP contribution < -0.4 is 25.4 Å². The summed E-state index contributed by atoms with van der Waals surface area (Å²) in [6.07, 6.45) is 14.0. The highest BCUT2D eigenvalue weighted by Crippen LogP contribution is 2.44. The number of piperidine rings is 1. The lowest BCUT2D eigenvalue weighted by atomic mass is 9.98. The van der Waals surface area contributed by atoms with Crippen molar-refractivity contribution < 1.29 is 23.0 Å². The fourth-order valence-electron chi connectivity index (χ4n) is 4.51. The minimum absolute atomic E-state index is 0.0752. The number of hydrogen-bond acceptors (Lipinski definition) is 10. The number of terminal acetylenes is 1. The molecule has 0 bridgehead atoms. The molecule has 0 radical (unpaired) electrons. The maximum atomic E-state index is 13.7. The Labute approximate surface area is 248 Å². The van der Waals surface area contributed by atoms with Crippen molar-refractivity contribution in [1.82, 2.24) is 34.8 Å². The molecule has 1 aliphatic carbocycles. The van der Waals surface area contributed by atoms with Crippen LogP contribution in [-0.2, 0) is 7.05 Å². The zero-order valence-corrected chi connectivity index (χ0v) is 24.4. The zero-order chi connectivity index (χ0) is 30.8. The van der Waals surface area contributed by atoms with E-state index in [1.54, 1.807) is 12.5 Å². The summed E-state index contributed by atoms with van der Waals surface area (Å²) in [7, 11) is 1.89. The molecule has 3 aromatic rings. The van der Waals surface area contributed by atoms with Crippen LogP contribution in [0.2, 0.25) is 0 Å². The number of aryl methyl sites for hydroxylation is 1. The van der Waals surface area contributed by atoms with E-state index in [2.05, 4.69) is 36.2 Å². The SMILES string of the molecule is C#CC1(COc2nc(C(=O)NC(C)C(C)(F)F)nc(N3CCC(COc4cc(-c5cn(C)cn5)cnc4N)CC3)n2)CC1. The van der Waals surface area contributed by atoms with E-state index in [-0.39, 0.29) is 35.7 Å². The largest absolute Gasteiger partial charge is 0.489 e. The van der Waals surface area contributed by atoms with Crippen LogP contribution >= 0.6 is 0 Å². The van der Waals surface area contributed by atoms with Crippen molar-refractivity contribution >= 4 is 17.7 Å². The third-order valence-electron chi connectivity index (χ3n) is 7.81. The Morgan fingerprint density at radius 1 is 1.26 bits per heavy atom. The van der Waals surface area contributed by atoms with E-state index in [1.807, 2.05) is 28.8 Å². The molecule has 4 heterocycles. The fraction of sp³-hybridized carbons (Fsp3) is 0.517. The number of rotatable bonds is 11. The topological polar surface area (TPSA) is 146 Å². The summed E-state index contributed by atoms with van der Waals surface area (Å²) in [6.45, 7) is 3.71. The van der Waals surface area contributed by atoms with Crippen LogP contribution in [0.1, 0.15) is 50.1 Å². The van der Waals surface area contributed by atoms with Gasteiger partial charge in [-0.3, -0.25) is 4.79 Å². The van der Waals surface area contributed by atoms with Gasteiger partial charge in [0.25, 0.3) is 11.8 Å². The first-order valence-corrected chi connectivity index (χ1v) is 14.1. The van der Waals surface area contributed by atoms with Crippen molar-refractivity contribution in [2.45, 2.75) is 51.5 Å². The summed E-state index contributed by atoms with van der Waals surface area (Å²) >= 11 is 0. The Bertz CT molecular complexity index is 1510. The summed E-state index contributed by atoms with van der Waals surface area (Å²) < 4.78 is 41.1. The van der Waals surface area contributed by atoms with E-state index >= 15 is 0 Å². The van der Waals surface area contributed by atoms with E-state index in [0.717, 1.165) is 43.9 Å². The average molecular weight is 596 g/mol. The van der Waals surface area contributed by atoms with Gasteiger partial charge in [-0.05, 0) is 44.6 Å². The first-order chi connectivity index (χ1) is 20.4. The van der Waals surface area contributed by atoms with Crippen LogP contribution in [0, 0.1) is 23.7 Å². The first-order valence-electron chi connectivity index (χ1n) is 14.1. The molecule has 228 valence electrons. The van der Waals surface area contributed by atoms with Gasteiger partial charge in [-0.25, -0.2) is 18.7 Å². The molecular formula is C29H35F2N9O3. The second-order valence-electron chi connectivity index (χ2n) is 11.4. The molecule has 2 fully saturated rings. The number of ether oxygens (including phenoxy) is 2. The lowest BCUT2D eigenvalue weighted by Crippen LogP contribution is -2.44. The third-order valence-corrected chi connectivity index (χ3v) is 7.81. The zero-order valence-electron chi connectivity index (χ0n) is 24.4.